The number of nitrogens with two attached hydrogens (primary N) is 1. The van der Waals surface area contributed by atoms with Crippen molar-refractivity contribution in [3.63, 3.8) is 0 Å². The first-order valence-electron chi connectivity index (χ1n) is 7.93. The van der Waals surface area contributed by atoms with Crippen LogP contribution in [-0.2, 0) is 0 Å². The predicted octanol–water partition coefficient (Wildman–Crippen LogP) is 1.52. The summed E-state index contributed by atoms with van der Waals surface area (Å²) < 4.78 is 5.18. The molecule has 2 fully saturated rings. The fourth-order valence-electron chi connectivity index (χ4n) is 3.53. The van der Waals surface area contributed by atoms with Crippen molar-refractivity contribution in [3.05, 3.63) is 6.33 Å². The van der Waals surface area contributed by atoms with Gasteiger partial charge >= 0.3 is 0 Å². The van der Waals surface area contributed by atoms with Crippen LogP contribution in [0.3, 0.4) is 0 Å². The number of ether oxygens (including phenoxy) is 1. The fraction of sp³-hybridized carbons (Fsp3) is 0.733. The first-order valence-corrected chi connectivity index (χ1v) is 7.93. The normalized spacial score (nSPS) is 21.5. The second-order valence-corrected chi connectivity index (χ2v) is 5.94. The molecule has 21 heavy (non-hydrogen) atoms. The third-order valence-electron chi connectivity index (χ3n) is 4.72. The summed E-state index contributed by atoms with van der Waals surface area (Å²) in [7, 11) is 1.59. The molecular weight excluding hydrogens is 266 g/mol. The highest BCUT2D eigenvalue weighted by atomic mass is 16.5. The fourth-order valence-corrected chi connectivity index (χ4v) is 3.53. The number of methoxy groups -OCH3 is 1. The Morgan fingerprint density at radius 2 is 1.81 bits per heavy atom. The standard InChI is InChI=1S/C15H25N5O/c1-21-15-13(16)14(17-11-18-15)20-9-7-19(8-10-20)12-5-3-2-4-6-12/h11-12H,2-10,16H2,1H3. The smallest absolute Gasteiger partial charge is 0.242 e. The molecule has 0 amide bonds. The Morgan fingerprint density at radius 3 is 2.48 bits per heavy atom. The molecule has 3 rings (SSSR count). The van der Waals surface area contributed by atoms with Crippen LogP contribution < -0.4 is 15.4 Å². The van der Waals surface area contributed by atoms with Crippen LogP contribution >= 0.6 is 0 Å². The first-order chi connectivity index (χ1) is 10.3. The Balaban J connectivity index is 1.63. The van der Waals surface area contributed by atoms with Crippen molar-refractivity contribution in [2.24, 2.45) is 0 Å². The summed E-state index contributed by atoms with van der Waals surface area (Å²) in [5.41, 5.74) is 6.64. The van der Waals surface area contributed by atoms with Crippen molar-refractivity contribution in [2.75, 3.05) is 43.9 Å². The molecule has 116 valence electrons. The van der Waals surface area contributed by atoms with E-state index < -0.39 is 0 Å². The quantitative estimate of drug-likeness (QED) is 0.911. The van der Waals surface area contributed by atoms with Gasteiger partial charge in [0.25, 0.3) is 0 Å². The molecular formula is C15H25N5O. The van der Waals surface area contributed by atoms with Gasteiger partial charge in [0.2, 0.25) is 5.88 Å². The van der Waals surface area contributed by atoms with Crippen molar-refractivity contribution in [1.29, 1.82) is 0 Å². The highest BCUT2D eigenvalue weighted by Gasteiger charge is 2.26. The number of anilines is 2. The van der Waals surface area contributed by atoms with E-state index in [2.05, 4.69) is 19.8 Å². The topological polar surface area (TPSA) is 67.5 Å². The zero-order chi connectivity index (χ0) is 14.7. The van der Waals surface area contributed by atoms with Gasteiger partial charge in [0.1, 0.15) is 12.0 Å². The lowest BCUT2D eigenvalue weighted by Gasteiger charge is -2.41. The van der Waals surface area contributed by atoms with Gasteiger partial charge in [-0.05, 0) is 12.8 Å². The van der Waals surface area contributed by atoms with Crippen LogP contribution in [0.2, 0.25) is 0 Å². The molecule has 1 aromatic rings. The Hall–Kier alpha value is -1.56. The Morgan fingerprint density at radius 1 is 1.10 bits per heavy atom. The van der Waals surface area contributed by atoms with E-state index in [-0.39, 0.29) is 0 Å². The monoisotopic (exact) mass is 291 g/mol. The molecule has 0 spiro atoms. The average molecular weight is 291 g/mol. The van der Waals surface area contributed by atoms with Crippen molar-refractivity contribution < 1.29 is 4.74 Å². The van der Waals surface area contributed by atoms with Gasteiger partial charge in [-0.25, -0.2) is 4.98 Å². The van der Waals surface area contributed by atoms with Crippen molar-refractivity contribution >= 4 is 11.5 Å². The minimum absolute atomic E-state index is 0.467. The van der Waals surface area contributed by atoms with Crippen molar-refractivity contribution in [2.45, 2.75) is 38.1 Å². The van der Waals surface area contributed by atoms with E-state index in [1.807, 2.05) is 0 Å². The lowest BCUT2D eigenvalue weighted by atomic mass is 9.94. The average Bonchev–Trinajstić information content (AvgIpc) is 2.56. The van der Waals surface area contributed by atoms with Crippen LogP contribution in [0.15, 0.2) is 6.33 Å². The number of nitrogen functional groups attached to an aromatic ring is 1. The summed E-state index contributed by atoms with van der Waals surface area (Å²) in [4.78, 5) is 13.3. The number of hydrogen-bond donors (Lipinski definition) is 1. The second-order valence-electron chi connectivity index (χ2n) is 5.94. The number of piperazine rings is 1. The van der Waals surface area contributed by atoms with Crippen LogP contribution in [0.4, 0.5) is 11.5 Å². The van der Waals surface area contributed by atoms with E-state index in [4.69, 9.17) is 10.5 Å². The molecule has 0 radical (unpaired) electrons. The molecule has 0 atom stereocenters. The van der Waals surface area contributed by atoms with E-state index in [1.54, 1.807) is 7.11 Å². The molecule has 6 heteroatoms. The summed E-state index contributed by atoms with van der Waals surface area (Å²) >= 11 is 0. The van der Waals surface area contributed by atoms with Gasteiger partial charge in [0.15, 0.2) is 5.82 Å². The van der Waals surface area contributed by atoms with Crippen molar-refractivity contribution in [1.82, 2.24) is 14.9 Å². The van der Waals surface area contributed by atoms with Crippen LogP contribution in [0, 0.1) is 0 Å². The summed E-state index contributed by atoms with van der Waals surface area (Å²) in [6, 6.07) is 0.790. The molecule has 1 aliphatic heterocycles. The summed E-state index contributed by atoms with van der Waals surface area (Å²) in [5.74, 6) is 1.28. The highest BCUT2D eigenvalue weighted by Crippen LogP contribution is 2.29. The van der Waals surface area contributed by atoms with Crippen LogP contribution in [-0.4, -0.2) is 54.2 Å². The number of aromatic nitrogens is 2. The third-order valence-corrected chi connectivity index (χ3v) is 4.72. The maximum atomic E-state index is 6.10. The molecule has 2 aliphatic rings. The molecule has 2 heterocycles. The summed E-state index contributed by atoms with van der Waals surface area (Å²) in [6.07, 6.45) is 8.45. The molecule has 1 saturated heterocycles. The second kappa shape index (κ2) is 6.47. The van der Waals surface area contributed by atoms with E-state index >= 15 is 0 Å². The van der Waals surface area contributed by atoms with Crippen molar-refractivity contribution in [3.8, 4) is 5.88 Å². The molecule has 1 saturated carbocycles. The molecule has 0 aromatic carbocycles. The minimum atomic E-state index is 0.467. The van der Waals surface area contributed by atoms with Crippen LogP contribution in [0.5, 0.6) is 5.88 Å². The summed E-state index contributed by atoms with van der Waals surface area (Å²) in [6.45, 7) is 4.13. The van der Waals surface area contributed by atoms with Gasteiger partial charge in [-0.2, -0.15) is 4.98 Å². The molecule has 2 N–H and O–H groups in total. The van der Waals surface area contributed by atoms with Gasteiger partial charge in [-0.15, -0.1) is 0 Å². The van der Waals surface area contributed by atoms with E-state index in [0.717, 1.165) is 38.0 Å². The Kier molecular flexibility index (Phi) is 4.43. The van der Waals surface area contributed by atoms with E-state index in [9.17, 15) is 0 Å². The lowest BCUT2D eigenvalue weighted by Crippen LogP contribution is -2.51. The Bertz CT molecular complexity index is 467. The third kappa shape index (κ3) is 3.05. The number of nitrogens with zero attached hydrogens (tertiary/aromatic N) is 4. The zero-order valence-corrected chi connectivity index (χ0v) is 12.8. The molecule has 0 bridgehead atoms. The maximum Gasteiger partial charge on any atom is 0.242 e. The van der Waals surface area contributed by atoms with Crippen LogP contribution in [0.25, 0.3) is 0 Å². The van der Waals surface area contributed by atoms with Gasteiger partial charge in [0.05, 0.1) is 7.11 Å². The van der Waals surface area contributed by atoms with E-state index in [1.165, 1.54) is 38.4 Å². The van der Waals surface area contributed by atoms with Gasteiger partial charge in [0, 0.05) is 32.2 Å². The van der Waals surface area contributed by atoms with Gasteiger partial charge in [-0.3, -0.25) is 4.90 Å². The van der Waals surface area contributed by atoms with Crippen LogP contribution in [0.1, 0.15) is 32.1 Å². The highest BCUT2D eigenvalue weighted by molar-refractivity contribution is 5.67. The van der Waals surface area contributed by atoms with Gasteiger partial charge in [-0.1, -0.05) is 19.3 Å². The number of rotatable bonds is 3. The molecule has 1 aromatic heterocycles. The minimum Gasteiger partial charge on any atom is -0.479 e. The predicted molar refractivity (Wildman–Crippen MR) is 83.7 cm³/mol. The summed E-state index contributed by atoms with van der Waals surface area (Å²) in [5, 5.41) is 0. The zero-order valence-electron chi connectivity index (χ0n) is 12.8. The largest absolute Gasteiger partial charge is 0.479 e. The SMILES string of the molecule is COc1ncnc(N2CCN(C3CCCCC3)CC2)c1N. The molecule has 0 unspecified atom stereocenters. The Labute approximate surface area is 126 Å². The first kappa shape index (κ1) is 14.4. The lowest BCUT2D eigenvalue weighted by molar-refractivity contribution is 0.147. The maximum absolute atomic E-state index is 6.10. The van der Waals surface area contributed by atoms with E-state index in [0.29, 0.717) is 11.6 Å². The van der Waals surface area contributed by atoms with Gasteiger partial charge < -0.3 is 15.4 Å². The molecule has 6 nitrogen and oxygen atoms in total. The number of hydrogen-bond acceptors (Lipinski definition) is 6. The molecule has 1 aliphatic carbocycles.